The Bertz CT molecular complexity index is 1630. The maximum absolute atomic E-state index is 12.9. The molecule has 6 heteroatoms. The molecule has 6 nitrogen and oxygen atoms in total. The lowest BCUT2D eigenvalue weighted by atomic mass is 10.0. The fourth-order valence-corrected chi connectivity index (χ4v) is 5.03. The standard InChI is InChI=1S/C33H35N5O/c1-23-7-11-25(12-8-23)19-29(21-36-32(39)20-26-15-17-28(34)18-16-26)38-31-6-4-3-5-30(31)37(33(38)35)22-27-13-9-24(2)10-14-27/h3-18,29,35H,19-22,34H2,1-2H3,(H,36,39). The zero-order valence-corrected chi connectivity index (χ0v) is 22.5. The van der Waals surface area contributed by atoms with E-state index in [0.29, 0.717) is 30.8 Å². The number of rotatable bonds is 9. The van der Waals surface area contributed by atoms with Gasteiger partial charge in [-0.2, -0.15) is 0 Å². The highest BCUT2D eigenvalue weighted by molar-refractivity contribution is 5.79. The SMILES string of the molecule is Cc1ccc(CC(CNC(=O)Cc2ccc(N)cc2)n2c(=N)n(Cc3ccc(C)cc3)c3ccccc32)cc1. The molecule has 0 aliphatic carbocycles. The van der Waals surface area contributed by atoms with Crippen molar-refractivity contribution >= 4 is 22.6 Å². The summed E-state index contributed by atoms with van der Waals surface area (Å²) in [5.74, 6) is -0.0517. The van der Waals surface area contributed by atoms with Gasteiger partial charge < -0.3 is 20.2 Å². The summed E-state index contributed by atoms with van der Waals surface area (Å²) in [7, 11) is 0. The first kappa shape index (κ1) is 26.0. The van der Waals surface area contributed by atoms with Crippen LogP contribution in [0.5, 0.6) is 0 Å². The van der Waals surface area contributed by atoms with E-state index < -0.39 is 0 Å². The molecule has 1 amide bonds. The molecular formula is C33H35N5O. The van der Waals surface area contributed by atoms with E-state index in [9.17, 15) is 10.2 Å². The maximum atomic E-state index is 12.9. The number of amides is 1. The van der Waals surface area contributed by atoms with E-state index in [-0.39, 0.29) is 18.4 Å². The third-order valence-corrected chi connectivity index (χ3v) is 7.21. The number of anilines is 1. The van der Waals surface area contributed by atoms with Gasteiger partial charge in [0.1, 0.15) is 0 Å². The second-order valence-corrected chi connectivity index (χ2v) is 10.3. The van der Waals surface area contributed by atoms with Crippen molar-refractivity contribution in [2.75, 3.05) is 12.3 Å². The fraction of sp³-hybridized carbons (Fsp3) is 0.212. The molecule has 0 radical (unpaired) electrons. The van der Waals surface area contributed by atoms with Crippen molar-refractivity contribution in [2.24, 2.45) is 0 Å². The quantitative estimate of drug-likeness (QED) is 0.231. The minimum Gasteiger partial charge on any atom is -0.399 e. The highest BCUT2D eigenvalue weighted by atomic mass is 16.1. The molecule has 4 aromatic carbocycles. The van der Waals surface area contributed by atoms with Gasteiger partial charge in [-0.25, -0.2) is 0 Å². The van der Waals surface area contributed by atoms with Crippen LogP contribution in [0.3, 0.4) is 0 Å². The molecule has 198 valence electrons. The van der Waals surface area contributed by atoms with Gasteiger partial charge >= 0.3 is 0 Å². The van der Waals surface area contributed by atoms with Crippen molar-refractivity contribution < 1.29 is 4.79 Å². The summed E-state index contributed by atoms with van der Waals surface area (Å²) < 4.78 is 4.13. The van der Waals surface area contributed by atoms with Crippen LogP contribution in [0.1, 0.15) is 33.9 Å². The smallest absolute Gasteiger partial charge is 0.224 e. The number of nitrogens with two attached hydrogens (primary N) is 1. The number of nitrogen functional groups attached to an aromatic ring is 1. The zero-order valence-electron chi connectivity index (χ0n) is 22.5. The van der Waals surface area contributed by atoms with Crippen molar-refractivity contribution in [3.8, 4) is 0 Å². The predicted molar refractivity (Wildman–Crippen MR) is 158 cm³/mol. The Morgan fingerprint density at radius 3 is 2.00 bits per heavy atom. The molecule has 0 saturated carbocycles. The summed E-state index contributed by atoms with van der Waals surface area (Å²) >= 11 is 0. The summed E-state index contributed by atoms with van der Waals surface area (Å²) in [5, 5.41) is 12.4. The summed E-state index contributed by atoms with van der Waals surface area (Å²) in [6.45, 7) is 5.17. The number of aryl methyl sites for hydroxylation is 2. The molecule has 1 heterocycles. The Hall–Kier alpha value is -4.58. The number of hydrogen-bond acceptors (Lipinski definition) is 3. The number of benzene rings is 4. The van der Waals surface area contributed by atoms with Gasteiger partial charge in [0, 0.05) is 12.2 Å². The second-order valence-electron chi connectivity index (χ2n) is 10.3. The van der Waals surface area contributed by atoms with Crippen molar-refractivity contribution in [1.29, 1.82) is 5.41 Å². The zero-order chi connectivity index (χ0) is 27.4. The van der Waals surface area contributed by atoms with Gasteiger partial charge in [-0.05, 0) is 61.2 Å². The molecule has 5 aromatic rings. The third-order valence-electron chi connectivity index (χ3n) is 7.21. The Morgan fingerprint density at radius 1 is 0.795 bits per heavy atom. The normalized spacial score (nSPS) is 11.9. The van der Waals surface area contributed by atoms with Crippen LogP contribution < -0.4 is 16.7 Å². The van der Waals surface area contributed by atoms with Gasteiger partial charge in [-0.3, -0.25) is 10.2 Å². The van der Waals surface area contributed by atoms with Gasteiger partial charge in [0.25, 0.3) is 0 Å². The minimum absolute atomic E-state index is 0.0517. The van der Waals surface area contributed by atoms with Crippen LogP contribution in [-0.4, -0.2) is 21.6 Å². The highest BCUT2D eigenvalue weighted by Crippen LogP contribution is 2.22. The van der Waals surface area contributed by atoms with E-state index in [2.05, 4.69) is 89.0 Å². The predicted octanol–water partition coefficient (Wildman–Crippen LogP) is 5.31. The lowest BCUT2D eigenvalue weighted by Gasteiger charge is -2.21. The average Bonchev–Trinajstić information content (AvgIpc) is 3.21. The molecular weight excluding hydrogens is 482 g/mol. The molecule has 0 spiro atoms. The van der Waals surface area contributed by atoms with Crippen LogP contribution in [0.15, 0.2) is 97.1 Å². The molecule has 5 rings (SSSR count). The lowest BCUT2D eigenvalue weighted by molar-refractivity contribution is -0.120. The Kier molecular flexibility index (Phi) is 7.64. The number of carbonyl (C=O) groups excluding carboxylic acids is 1. The number of carbonyl (C=O) groups is 1. The summed E-state index contributed by atoms with van der Waals surface area (Å²) in [4.78, 5) is 12.9. The Labute approximate surface area is 229 Å². The van der Waals surface area contributed by atoms with Gasteiger partial charge in [0.15, 0.2) is 0 Å². The largest absolute Gasteiger partial charge is 0.399 e. The van der Waals surface area contributed by atoms with Crippen LogP contribution in [0.25, 0.3) is 11.0 Å². The summed E-state index contributed by atoms with van der Waals surface area (Å²) in [6, 6.07) is 32.4. The summed E-state index contributed by atoms with van der Waals surface area (Å²) in [5.41, 5.74) is 14.5. The van der Waals surface area contributed by atoms with Crippen LogP contribution in [0.4, 0.5) is 5.69 Å². The van der Waals surface area contributed by atoms with Gasteiger partial charge in [0.05, 0.1) is 30.0 Å². The Balaban J connectivity index is 1.48. The van der Waals surface area contributed by atoms with Crippen molar-refractivity contribution in [2.45, 2.75) is 39.3 Å². The van der Waals surface area contributed by atoms with E-state index >= 15 is 0 Å². The van der Waals surface area contributed by atoms with Crippen molar-refractivity contribution in [1.82, 2.24) is 14.5 Å². The molecule has 1 atom stereocenters. The molecule has 1 aromatic heterocycles. The highest BCUT2D eigenvalue weighted by Gasteiger charge is 2.20. The molecule has 1 unspecified atom stereocenters. The van der Waals surface area contributed by atoms with Crippen LogP contribution in [0, 0.1) is 19.3 Å². The number of imidazole rings is 1. The number of nitrogens with zero attached hydrogens (tertiary/aromatic N) is 2. The molecule has 4 N–H and O–H groups in total. The van der Waals surface area contributed by atoms with Crippen molar-refractivity contribution in [3.63, 3.8) is 0 Å². The first-order valence-electron chi connectivity index (χ1n) is 13.3. The molecule has 39 heavy (non-hydrogen) atoms. The minimum atomic E-state index is -0.139. The van der Waals surface area contributed by atoms with Gasteiger partial charge in [-0.15, -0.1) is 0 Å². The molecule has 0 fully saturated rings. The van der Waals surface area contributed by atoms with Crippen LogP contribution in [0.2, 0.25) is 0 Å². The number of para-hydroxylation sites is 2. The third kappa shape index (κ3) is 6.12. The first-order chi connectivity index (χ1) is 18.9. The maximum Gasteiger partial charge on any atom is 0.224 e. The molecule has 0 bridgehead atoms. The fourth-order valence-electron chi connectivity index (χ4n) is 5.03. The van der Waals surface area contributed by atoms with E-state index in [1.54, 1.807) is 0 Å². The molecule has 0 saturated heterocycles. The van der Waals surface area contributed by atoms with E-state index in [1.807, 2.05) is 36.4 Å². The lowest BCUT2D eigenvalue weighted by Crippen LogP contribution is -2.37. The number of fused-ring (bicyclic) bond motifs is 1. The average molecular weight is 518 g/mol. The molecule has 0 aliphatic heterocycles. The van der Waals surface area contributed by atoms with E-state index in [1.165, 1.54) is 16.7 Å². The van der Waals surface area contributed by atoms with Crippen LogP contribution in [-0.2, 0) is 24.2 Å². The first-order valence-corrected chi connectivity index (χ1v) is 13.3. The number of aromatic nitrogens is 2. The van der Waals surface area contributed by atoms with Crippen molar-refractivity contribution in [3.05, 3.63) is 130 Å². The second kappa shape index (κ2) is 11.4. The topological polar surface area (TPSA) is 88.8 Å². The summed E-state index contributed by atoms with van der Waals surface area (Å²) in [6.07, 6.45) is 0.975. The van der Waals surface area contributed by atoms with E-state index in [4.69, 9.17) is 5.73 Å². The van der Waals surface area contributed by atoms with Gasteiger partial charge in [-0.1, -0.05) is 83.9 Å². The molecule has 0 aliphatic rings. The van der Waals surface area contributed by atoms with Gasteiger partial charge in [0.2, 0.25) is 11.5 Å². The Morgan fingerprint density at radius 2 is 1.36 bits per heavy atom. The number of hydrogen-bond donors (Lipinski definition) is 3. The van der Waals surface area contributed by atoms with E-state index in [0.717, 1.165) is 22.2 Å². The van der Waals surface area contributed by atoms with Crippen LogP contribution >= 0.6 is 0 Å². The number of nitrogens with one attached hydrogen (secondary N) is 2. The monoisotopic (exact) mass is 517 g/mol.